The molecule has 0 amide bonds. The largest absolute Gasteiger partial charge is 0.493 e. The predicted molar refractivity (Wildman–Crippen MR) is 75.6 cm³/mol. The highest BCUT2D eigenvalue weighted by Gasteiger charge is 2.06. The maximum absolute atomic E-state index is 10.1. The molecule has 0 saturated carbocycles. The Morgan fingerprint density at radius 2 is 1.85 bits per heavy atom. The van der Waals surface area contributed by atoms with Crippen molar-refractivity contribution in [1.82, 2.24) is 0 Å². The van der Waals surface area contributed by atoms with E-state index < -0.39 is 0 Å². The number of hydrogen-bond acceptors (Lipinski definition) is 4. The molecule has 2 aromatic rings. The zero-order valence-electron chi connectivity index (χ0n) is 11.2. The van der Waals surface area contributed by atoms with Crippen LogP contribution in [0.2, 0.25) is 0 Å². The van der Waals surface area contributed by atoms with E-state index >= 15 is 0 Å². The highest BCUT2D eigenvalue weighted by molar-refractivity contribution is 5.43. The lowest BCUT2D eigenvalue weighted by atomic mass is 10.2. The van der Waals surface area contributed by atoms with Gasteiger partial charge in [-0.15, -0.1) is 0 Å². The van der Waals surface area contributed by atoms with E-state index in [-0.39, 0.29) is 6.54 Å². The predicted octanol–water partition coefficient (Wildman–Crippen LogP) is 3.11. The lowest BCUT2D eigenvalue weighted by Crippen LogP contribution is -1.98. The van der Waals surface area contributed by atoms with Crippen molar-refractivity contribution in [3.63, 3.8) is 0 Å². The third-order valence-corrected chi connectivity index (χ3v) is 2.79. The summed E-state index contributed by atoms with van der Waals surface area (Å²) < 4.78 is 11.0. The van der Waals surface area contributed by atoms with Gasteiger partial charge in [-0.05, 0) is 23.3 Å². The van der Waals surface area contributed by atoms with E-state index in [1.54, 1.807) is 13.2 Å². The van der Waals surface area contributed by atoms with E-state index in [0.29, 0.717) is 18.1 Å². The lowest BCUT2D eigenvalue weighted by Gasteiger charge is -2.11. The van der Waals surface area contributed by atoms with Crippen LogP contribution in [0.15, 0.2) is 53.5 Å². The number of benzene rings is 2. The number of nitrogens with zero attached hydrogens (tertiary/aromatic N) is 1. The molecule has 20 heavy (non-hydrogen) atoms. The van der Waals surface area contributed by atoms with Crippen LogP contribution in [0.5, 0.6) is 11.5 Å². The molecule has 0 aromatic heterocycles. The van der Waals surface area contributed by atoms with Crippen LogP contribution < -0.4 is 9.47 Å². The monoisotopic (exact) mass is 269 g/mol. The molecule has 0 saturated heterocycles. The summed E-state index contributed by atoms with van der Waals surface area (Å²) in [5.41, 5.74) is 1.95. The van der Waals surface area contributed by atoms with Gasteiger partial charge in [0.1, 0.15) is 6.61 Å². The first kappa shape index (κ1) is 13.8. The summed E-state index contributed by atoms with van der Waals surface area (Å²) in [5.74, 6) is 1.29. The molecular formula is C16H15NO3. The zero-order chi connectivity index (χ0) is 14.2. The summed E-state index contributed by atoms with van der Waals surface area (Å²) in [6, 6.07) is 15.3. The van der Waals surface area contributed by atoms with Crippen LogP contribution in [-0.4, -0.2) is 13.2 Å². The van der Waals surface area contributed by atoms with E-state index in [1.165, 1.54) is 6.08 Å². The molecular weight excluding hydrogens is 254 g/mol. The molecule has 0 radical (unpaired) electrons. The van der Waals surface area contributed by atoms with Crippen molar-refractivity contribution in [3.05, 3.63) is 59.7 Å². The summed E-state index contributed by atoms with van der Waals surface area (Å²) in [6.07, 6.45) is 1.53. The molecule has 0 heterocycles. The quantitative estimate of drug-likeness (QED) is 0.598. The Labute approximate surface area is 117 Å². The second-order valence-electron chi connectivity index (χ2n) is 4.17. The molecule has 0 N–H and O–H groups in total. The fourth-order valence-corrected chi connectivity index (χ4v) is 1.79. The number of aliphatic imine (C=N–C) groups is 1. The van der Waals surface area contributed by atoms with Crippen LogP contribution in [0.25, 0.3) is 0 Å². The molecule has 4 heteroatoms. The number of carbonyl (C=O) groups excluding carboxylic acids is 1. The minimum absolute atomic E-state index is 0.287. The maximum Gasteiger partial charge on any atom is 0.235 e. The van der Waals surface area contributed by atoms with E-state index in [2.05, 4.69) is 4.99 Å². The first-order valence-corrected chi connectivity index (χ1v) is 6.20. The van der Waals surface area contributed by atoms with Gasteiger partial charge in [-0.2, -0.15) is 0 Å². The Balaban J connectivity index is 2.13. The molecule has 0 unspecified atom stereocenters. The van der Waals surface area contributed by atoms with Gasteiger partial charge in [0.25, 0.3) is 0 Å². The Kier molecular flexibility index (Phi) is 4.93. The van der Waals surface area contributed by atoms with Crippen LogP contribution in [0.1, 0.15) is 11.1 Å². The van der Waals surface area contributed by atoms with Gasteiger partial charge in [-0.3, -0.25) is 0 Å². The van der Waals surface area contributed by atoms with Gasteiger partial charge in [0.2, 0.25) is 6.08 Å². The number of ether oxygens (including phenoxy) is 2. The minimum Gasteiger partial charge on any atom is -0.493 e. The molecule has 102 valence electrons. The van der Waals surface area contributed by atoms with E-state index in [1.807, 2.05) is 42.5 Å². The van der Waals surface area contributed by atoms with Gasteiger partial charge in [0, 0.05) is 0 Å². The van der Waals surface area contributed by atoms with E-state index in [0.717, 1.165) is 11.1 Å². The SMILES string of the molecule is COc1ccc(CN=C=O)cc1OCc1ccccc1. The second kappa shape index (κ2) is 7.12. The molecule has 0 aliphatic heterocycles. The van der Waals surface area contributed by atoms with Crippen LogP contribution in [0.3, 0.4) is 0 Å². The molecule has 4 nitrogen and oxygen atoms in total. The minimum atomic E-state index is 0.287. The Hall–Kier alpha value is -2.58. The van der Waals surface area contributed by atoms with Crippen molar-refractivity contribution in [1.29, 1.82) is 0 Å². The van der Waals surface area contributed by atoms with Gasteiger partial charge in [-0.25, -0.2) is 9.79 Å². The molecule has 2 aromatic carbocycles. The Morgan fingerprint density at radius 1 is 1.05 bits per heavy atom. The average Bonchev–Trinajstić information content (AvgIpc) is 2.52. The number of rotatable bonds is 6. The van der Waals surface area contributed by atoms with Crippen LogP contribution in [0, 0.1) is 0 Å². The standard InChI is InChI=1S/C16H15NO3/c1-19-15-8-7-14(10-17-12-18)9-16(15)20-11-13-5-3-2-4-6-13/h2-9H,10-11H2,1H3. The normalized spacial score (nSPS) is 9.65. The first-order chi connectivity index (χ1) is 9.83. The Morgan fingerprint density at radius 3 is 2.55 bits per heavy atom. The molecule has 2 rings (SSSR count). The van der Waals surface area contributed by atoms with Crippen molar-refractivity contribution in [2.45, 2.75) is 13.2 Å². The van der Waals surface area contributed by atoms with Crippen LogP contribution in [0.4, 0.5) is 0 Å². The van der Waals surface area contributed by atoms with Crippen molar-refractivity contribution in [2.24, 2.45) is 4.99 Å². The number of methoxy groups -OCH3 is 1. The fraction of sp³-hybridized carbons (Fsp3) is 0.188. The van der Waals surface area contributed by atoms with Crippen LogP contribution in [-0.2, 0) is 17.9 Å². The summed E-state index contributed by atoms with van der Waals surface area (Å²) in [4.78, 5) is 13.7. The van der Waals surface area contributed by atoms with E-state index in [9.17, 15) is 4.79 Å². The molecule has 0 fully saturated rings. The van der Waals surface area contributed by atoms with Gasteiger partial charge in [0.05, 0.1) is 13.7 Å². The lowest BCUT2D eigenvalue weighted by molar-refractivity contribution is 0.284. The third kappa shape index (κ3) is 3.70. The topological polar surface area (TPSA) is 47.9 Å². The smallest absolute Gasteiger partial charge is 0.235 e. The highest BCUT2D eigenvalue weighted by atomic mass is 16.5. The highest BCUT2D eigenvalue weighted by Crippen LogP contribution is 2.29. The van der Waals surface area contributed by atoms with Crippen molar-refractivity contribution in [2.75, 3.05) is 7.11 Å². The van der Waals surface area contributed by atoms with Crippen molar-refractivity contribution >= 4 is 6.08 Å². The van der Waals surface area contributed by atoms with Gasteiger partial charge in [-0.1, -0.05) is 36.4 Å². The number of hydrogen-bond donors (Lipinski definition) is 0. The van der Waals surface area contributed by atoms with Gasteiger partial charge >= 0.3 is 0 Å². The molecule has 0 bridgehead atoms. The molecule has 0 spiro atoms. The van der Waals surface area contributed by atoms with Crippen molar-refractivity contribution in [3.8, 4) is 11.5 Å². The molecule has 0 atom stereocenters. The maximum atomic E-state index is 10.1. The first-order valence-electron chi connectivity index (χ1n) is 6.20. The summed E-state index contributed by atoms with van der Waals surface area (Å²) >= 11 is 0. The van der Waals surface area contributed by atoms with Crippen molar-refractivity contribution < 1.29 is 14.3 Å². The zero-order valence-corrected chi connectivity index (χ0v) is 11.2. The summed E-state index contributed by atoms with van der Waals surface area (Å²) in [6.45, 7) is 0.743. The van der Waals surface area contributed by atoms with E-state index in [4.69, 9.17) is 9.47 Å². The fourth-order valence-electron chi connectivity index (χ4n) is 1.79. The van der Waals surface area contributed by atoms with Crippen LogP contribution >= 0.6 is 0 Å². The second-order valence-corrected chi connectivity index (χ2v) is 4.17. The van der Waals surface area contributed by atoms with Gasteiger partial charge < -0.3 is 9.47 Å². The number of isocyanates is 1. The molecule has 0 aliphatic carbocycles. The van der Waals surface area contributed by atoms with Gasteiger partial charge in [0.15, 0.2) is 11.5 Å². The third-order valence-electron chi connectivity index (χ3n) is 2.79. The summed E-state index contributed by atoms with van der Waals surface area (Å²) in [5, 5.41) is 0. The Bertz CT molecular complexity index is 604. The average molecular weight is 269 g/mol. The summed E-state index contributed by atoms with van der Waals surface area (Å²) in [7, 11) is 1.59. The molecule has 0 aliphatic rings.